The summed E-state index contributed by atoms with van der Waals surface area (Å²) < 4.78 is 0. The maximum absolute atomic E-state index is 3.77. The molecule has 0 rings (SSSR count). The van der Waals surface area contributed by atoms with Crippen LogP contribution in [-0.2, 0) is 0 Å². The molecule has 0 aromatic heterocycles. The molecule has 0 aromatic rings. The van der Waals surface area contributed by atoms with E-state index in [1.165, 1.54) is 13.1 Å². The van der Waals surface area contributed by atoms with Crippen LogP contribution in [0.2, 0.25) is 0 Å². The highest BCUT2D eigenvalue weighted by Gasteiger charge is 2.06. The second kappa shape index (κ2) is 6.24. The fourth-order valence-corrected chi connectivity index (χ4v) is 1.44. The summed E-state index contributed by atoms with van der Waals surface area (Å²) in [5, 5.41) is 0. The Morgan fingerprint density at radius 1 is 1.08 bits per heavy atom. The minimum absolute atomic E-state index is 0.753. The molecule has 12 heavy (non-hydrogen) atoms. The van der Waals surface area contributed by atoms with Crippen molar-refractivity contribution in [2.24, 2.45) is 11.8 Å². The average molecular weight is 169 g/mol. The molecule has 0 aromatic carbocycles. The second-order valence-electron chi connectivity index (χ2n) is 4.29. The summed E-state index contributed by atoms with van der Waals surface area (Å²) in [5.74, 6) is 1.51. The number of hydrogen-bond acceptors (Lipinski definition) is 1. The van der Waals surface area contributed by atoms with E-state index in [4.69, 9.17) is 0 Å². The van der Waals surface area contributed by atoms with Crippen LogP contribution in [0.3, 0.4) is 0 Å². The van der Waals surface area contributed by atoms with Crippen LogP contribution in [0, 0.1) is 11.8 Å². The second-order valence-corrected chi connectivity index (χ2v) is 4.29. The SMILES string of the molecule is C=CCN(CC(C)C)CC(C)C. The van der Waals surface area contributed by atoms with Gasteiger partial charge in [0, 0.05) is 19.6 Å². The van der Waals surface area contributed by atoms with Crippen LogP contribution >= 0.6 is 0 Å². The van der Waals surface area contributed by atoms with E-state index in [0.717, 1.165) is 18.4 Å². The minimum Gasteiger partial charge on any atom is -0.299 e. The number of rotatable bonds is 6. The van der Waals surface area contributed by atoms with Gasteiger partial charge < -0.3 is 0 Å². The summed E-state index contributed by atoms with van der Waals surface area (Å²) >= 11 is 0. The third-order valence-corrected chi connectivity index (χ3v) is 1.63. The zero-order valence-electron chi connectivity index (χ0n) is 9.01. The maximum atomic E-state index is 3.77. The first-order valence-corrected chi connectivity index (χ1v) is 4.89. The van der Waals surface area contributed by atoms with Crippen molar-refractivity contribution in [1.82, 2.24) is 4.90 Å². The van der Waals surface area contributed by atoms with E-state index < -0.39 is 0 Å². The first-order chi connectivity index (χ1) is 5.56. The largest absolute Gasteiger partial charge is 0.299 e. The van der Waals surface area contributed by atoms with Crippen molar-refractivity contribution in [2.45, 2.75) is 27.7 Å². The summed E-state index contributed by atoms with van der Waals surface area (Å²) in [6, 6.07) is 0. The Morgan fingerprint density at radius 3 is 1.75 bits per heavy atom. The first kappa shape index (κ1) is 11.7. The average Bonchev–Trinajstić information content (AvgIpc) is 1.84. The van der Waals surface area contributed by atoms with Crippen LogP contribution in [0.4, 0.5) is 0 Å². The molecule has 0 fully saturated rings. The van der Waals surface area contributed by atoms with E-state index >= 15 is 0 Å². The van der Waals surface area contributed by atoms with Crippen molar-refractivity contribution in [3.63, 3.8) is 0 Å². The summed E-state index contributed by atoms with van der Waals surface area (Å²) in [6.07, 6.45) is 1.99. The molecule has 0 atom stereocenters. The Kier molecular flexibility index (Phi) is 6.09. The third kappa shape index (κ3) is 6.41. The predicted molar refractivity (Wildman–Crippen MR) is 56.3 cm³/mol. The Hall–Kier alpha value is -0.300. The molecule has 72 valence electrons. The molecule has 1 nitrogen and oxygen atoms in total. The van der Waals surface area contributed by atoms with Crippen LogP contribution < -0.4 is 0 Å². The summed E-state index contributed by atoms with van der Waals surface area (Å²) in [6.45, 7) is 16.2. The molecule has 0 radical (unpaired) electrons. The fourth-order valence-electron chi connectivity index (χ4n) is 1.44. The van der Waals surface area contributed by atoms with Gasteiger partial charge in [0.25, 0.3) is 0 Å². The molecule has 0 aliphatic rings. The van der Waals surface area contributed by atoms with E-state index in [9.17, 15) is 0 Å². The van der Waals surface area contributed by atoms with E-state index in [2.05, 4.69) is 39.2 Å². The lowest BCUT2D eigenvalue weighted by atomic mass is 10.1. The van der Waals surface area contributed by atoms with Crippen molar-refractivity contribution in [1.29, 1.82) is 0 Å². The van der Waals surface area contributed by atoms with Crippen molar-refractivity contribution in [3.05, 3.63) is 12.7 Å². The van der Waals surface area contributed by atoms with Crippen LogP contribution in [-0.4, -0.2) is 24.5 Å². The van der Waals surface area contributed by atoms with E-state index in [0.29, 0.717) is 0 Å². The lowest BCUT2D eigenvalue weighted by molar-refractivity contribution is 0.241. The highest BCUT2D eigenvalue weighted by Crippen LogP contribution is 2.03. The normalized spacial score (nSPS) is 11.6. The quantitative estimate of drug-likeness (QED) is 0.553. The molecule has 1 heteroatoms. The summed E-state index contributed by atoms with van der Waals surface area (Å²) in [5.41, 5.74) is 0. The predicted octanol–water partition coefficient (Wildman–Crippen LogP) is 2.79. The molecule has 0 N–H and O–H groups in total. The Morgan fingerprint density at radius 2 is 1.50 bits per heavy atom. The van der Waals surface area contributed by atoms with Crippen molar-refractivity contribution in [2.75, 3.05) is 19.6 Å². The van der Waals surface area contributed by atoms with Crippen molar-refractivity contribution in [3.8, 4) is 0 Å². The van der Waals surface area contributed by atoms with Gasteiger partial charge in [-0.05, 0) is 11.8 Å². The molecule has 0 spiro atoms. The maximum Gasteiger partial charge on any atom is 0.0160 e. The molecular formula is C11H23N. The van der Waals surface area contributed by atoms with Gasteiger partial charge in [-0.3, -0.25) is 4.90 Å². The fraction of sp³-hybridized carbons (Fsp3) is 0.818. The molecule has 0 bridgehead atoms. The van der Waals surface area contributed by atoms with Gasteiger partial charge in [0.05, 0.1) is 0 Å². The Labute approximate surface area is 77.5 Å². The summed E-state index contributed by atoms with van der Waals surface area (Å²) in [7, 11) is 0. The van der Waals surface area contributed by atoms with Gasteiger partial charge in [-0.25, -0.2) is 0 Å². The lowest BCUT2D eigenvalue weighted by Crippen LogP contribution is -2.31. The van der Waals surface area contributed by atoms with Crippen LogP contribution in [0.25, 0.3) is 0 Å². The molecule has 0 aliphatic heterocycles. The highest BCUT2D eigenvalue weighted by molar-refractivity contribution is 4.74. The van der Waals surface area contributed by atoms with Crippen molar-refractivity contribution < 1.29 is 0 Å². The molecule has 0 heterocycles. The van der Waals surface area contributed by atoms with Crippen LogP contribution in [0.5, 0.6) is 0 Å². The van der Waals surface area contributed by atoms with Crippen LogP contribution in [0.15, 0.2) is 12.7 Å². The van der Waals surface area contributed by atoms with E-state index in [-0.39, 0.29) is 0 Å². The monoisotopic (exact) mass is 169 g/mol. The smallest absolute Gasteiger partial charge is 0.0160 e. The molecular weight excluding hydrogens is 146 g/mol. The van der Waals surface area contributed by atoms with Gasteiger partial charge in [-0.2, -0.15) is 0 Å². The number of nitrogens with zero attached hydrogens (tertiary/aromatic N) is 1. The molecule has 0 aliphatic carbocycles. The van der Waals surface area contributed by atoms with Gasteiger partial charge in [0.2, 0.25) is 0 Å². The zero-order valence-corrected chi connectivity index (χ0v) is 9.01. The van der Waals surface area contributed by atoms with E-state index in [1.54, 1.807) is 0 Å². The van der Waals surface area contributed by atoms with Crippen LogP contribution in [0.1, 0.15) is 27.7 Å². The summed E-state index contributed by atoms with van der Waals surface area (Å²) in [4.78, 5) is 2.46. The first-order valence-electron chi connectivity index (χ1n) is 4.89. The van der Waals surface area contributed by atoms with E-state index in [1.807, 2.05) is 6.08 Å². The molecule has 0 unspecified atom stereocenters. The molecule has 0 amide bonds. The van der Waals surface area contributed by atoms with Crippen molar-refractivity contribution >= 4 is 0 Å². The highest BCUT2D eigenvalue weighted by atomic mass is 15.1. The van der Waals surface area contributed by atoms with Gasteiger partial charge in [0.15, 0.2) is 0 Å². The van der Waals surface area contributed by atoms with Gasteiger partial charge in [0.1, 0.15) is 0 Å². The Bertz CT molecular complexity index is 106. The Balaban J connectivity index is 3.77. The number of hydrogen-bond donors (Lipinski definition) is 0. The lowest BCUT2D eigenvalue weighted by Gasteiger charge is -2.24. The van der Waals surface area contributed by atoms with Gasteiger partial charge in [-0.1, -0.05) is 33.8 Å². The standard InChI is InChI=1S/C11H23N/c1-6-7-12(8-10(2)3)9-11(4)5/h6,10-11H,1,7-9H2,2-5H3. The van der Waals surface area contributed by atoms with Gasteiger partial charge >= 0.3 is 0 Å². The minimum atomic E-state index is 0.753. The topological polar surface area (TPSA) is 3.24 Å². The van der Waals surface area contributed by atoms with Gasteiger partial charge in [-0.15, -0.1) is 6.58 Å². The molecule has 0 saturated carbocycles. The third-order valence-electron chi connectivity index (χ3n) is 1.63. The zero-order chi connectivity index (χ0) is 9.56. The molecule has 0 saturated heterocycles.